The molecule has 0 spiro atoms. The third-order valence-corrected chi connectivity index (χ3v) is 5.24. The van der Waals surface area contributed by atoms with Crippen molar-refractivity contribution in [1.29, 1.82) is 0 Å². The lowest BCUT2D eigenvalue weighted by atomic mass is 10.2. The Hall–Kier alpha value is -3.14. The summed E-state index contributed by atoms with van der Waals surface area (Å²) in [6, 6.07) is 7.41. The number of benzene rings is 1. The highest BCUT2D eigenvalue weighted by Crippen LogP contribution is 2.22. The van der Waals surface area contributed by atoms with E-state index in [0.717, 1.165) is 5.56 Å². The summed E-state index contributed by atoms with van der Waals surface area (Å²) in [5, 5.41) is 14.2. The number of thioether (sulfide) groups is 1. The van der Waals surface area contributed by atoms with Crippen LogP contribution in [0.4, 0.5) is 10.1 Å². The van der Waals surface area contributed by atoms with Crippen LogP contribution >= 0.6 is 11.8 Å². The summed E-state index contributed by atoms with van der Waals surface area (Å²) in [6.07, 6.45) is 1.43. The average Bonchev–Trinajstić information content (AvgIpc) is 3.38. The van der Waals surface area contributed by atoms with Gasteiger partial charge in [-0.1, -0.05) is 17.8 Å². The summed E-state index contributed by atoms with van der Waals surface area (Å²) >= 11 is 1.19. The summed E-state index contributed by atoms with van der Waals surface area (Å²) in [4.78, 5) is 24.4. The minimum Gasteiger partial charge on any atom is -0.459 e. The van der Waals surface area contributed by atoms with Gasteiger partial charge in [-0.05, 0) is 50.6 Å². The Bertz CT molecular complexity index is 1040. The van der Waals surface area contributed by atoms with Gasteiger partial charge in [-0.25, -0.2) is 4.39 Å². The quantitative estimate of drug-likeness (QED) is 0.529. The highest BCUT2D eigenvalue weighted by Gasteiger charge is 2.21. The Balaban J connectivity index is 1.62. The second-order valence-corrected chi connectivity index (χ2v) is 7.52. The fourth-order valence-electron chi connectivity index (χ4n) is 2.80. The van der Waals surface area contributed by atoms with Gasteiger partial charge in [0.15, 0.2) is 16.7 Å². The third kappa shape index (κ3) is 5.07. The van der Waals surface area contributed by atoms with Crippen LogP contribution in [0.25, 0.3) is 0 Å². The highest BCUT2D eigenvalue weighted by molar-refractivity contribution is 7.99. The molecule has 3 rings (SSSR count). The van der Waals surface area contributed by atoms with E-state index in [4.69, 9.17) is 4.42 Å². The number of rotatable bonds is 8. The average molecular weight is 431 g/mol. The number of hydrogen-bond donors (Lipinski definition) is 2. The number of anilines is 1. The molecule has 158 valence electrons. The van der Waals surface area contributed by atoms with E-state index in [0.29, 0.717) is 17.5 Å². The second kappa shape index (κ2) is 9.57. The summed E-state index contributed by atoms with van der Waals surface area (Å²) in [5.41, 5.74) is 0.912. The molecule has 10 heteroatoms. The van der Waals surface area contributed by atoms with Crippen LogP contribution in [0.15, 0.2) is 46.2 Å². The molecule has 1 atom stereocenters. The summed E-state index contributed by atoms with van der Waals surface area (Å²) < 4.78 is 20.8. The zero-order valence-corrected chi connectivity index (χ0v) is 17.6. The maximum Gasteiger partial charge on any atom is 0.287 e. The molecule has 8 nitrogen and oxygen atoms in total. The Morgan fingerprint density at radius 1 is 1.30 bits per heavy atom. The van der Waals surface area contributed by atoms with Crippen LogP contribution in [0.1, 0.15) is 41.8 Å². The van der Waals surface area contributed by atoms with Gasteiger partial charge < -0.3 is 19.6 Å². The minimum atomic E-state index is -0.478. The molecule has 30 heavy (non-hydrogen) atoms. The molecule has 0 saturated heterocycles. The van der Waals surface area contributed by atoms with Crippen LogP contribution in [-0.2, 0) is 11.3 Å². The molecule has 2 aromatic heterocycles. The van der Waals surface area contributed by atoms with Crippen LogP contribution in [0.5, 0.6) is 0 Å². The van der Waals surface area contributed by atoms with Crippen LogP contribution in [-0.4, -0.2) is 32.3 Å². The number of aromatic nitrogens is 3. The fraction of sp³-hybridized carbons (Fsp3) is 0.300. The molecule has 0 fully saturated rings. The first-order valence-corrected chi connectivity index (χ1v) is 10.3. The first-order valence-electron chi connectivity index (χ1n) is 9.35. The molecule has 2 heterocycles. The Labute approximate surface area is 177 Å². The Morgan fingerprint density at radius 3 is 2.77 bits per heavy atom. The normalized spacial score (nSPS) is 11.9. The molecule has 0 aliphatic carbocycles. The van der Waals surface area contributed by atoms with Crippen molar-refractivity contribution in [3.05, 3.63) is 59.6 Å². The molecular weight excluding hydrogens is 409 g/mol. The predicted octanol–water partition coefficient (Wildman–Crippen LogP) is 3.56. The van der Waals surface area contributed by atoms with Crippen molar-refractivity contribution in [2.75, 3.05) is 11.1 Å². The van der Waals surface area contributed by atoms with Crippen molar-refractivity contribution in [2.24, 2.45) is 0 Å². The number of hydrogen-bond acceptors (Lipinski definition) is 6. The molecule has 0 saturated carbocycles. The van der Waals surface area contributed by atoms with Gasteiger partial charge in [0, 0.05) is 6.54 Å². The van der Waals surface area contributed by atoms with Gasteiger partial charge in [0.2, 0.25) is 5.91 Å². The monoisotopic (exact) mass is 431 g/mol. The first kappa shape index (κ1) is 21.6. The van der Waals surface area contributed by atoms with Gasteiger partial charge >= 0.3 is 0 Å². The molecule has 1 aromatic carbocycles. The first-order chi connectivity index (χ1) is 14.4. The lowest BCUT2D eigenvalue weighted by molar-refractivity contribution is -0.113. The molecule has 2 N–H and O–H groups in total. The highest BCUT2D eigenvalue weighted by atomic mass is 32.2. The zero-order valence-electron chi connectivity index (χ0n) is 16.8. The van der Waals surface area contributed by atoms with E-state index in [1.54, 1.807) is 32.0 Å². The van der Waals surface area contributed by atoms with E-state index < -0.39 is 11.9 Å². The molecule has 2 amide bonds. The molecule has 1 unspecified atom stereocenters. The van der Waals surface area contributed by atoms with Crippen molar-refractivity contribution in [3.8, 4) is 0 Å². The van der Waals surface area contributed by atoms with E-state index in [1.165, 1.54) is 30.2 Å². The largest absolute Gasteiger partial charge is 0.459 e. The predicted molar refractivity (Wildman–Crippen MR) is 111 cm³/mol. The van der Waals surface area contributed by atoms with E-state index in [9.17, 15) is 14.0 Å². The fourth-order valence-corrected chi connectivity index (χ4v) is 3.61. The summed E-state index contributed by atoms with van der Waals surface area (Å²) in [5.74, 6) is -0.378. The number of amides is 2. The Kier molecular flexibility index (Phi) is 6.88. The summed E-state index contributed by atoms with van der Waals surface area (Å²) in [6.45, 7) is 6.04. The zero-order chi connectivity index (χ0) is 21.7. The van der Waals surface area contributed by atoms with Crippen LogP contribution < -0.4 is 10.6 Å². The second-order valence-electron chi connectivity index (χ2n) is 6.58. The van der Waals surface area contributed by atoms with Crippen LogP contribution in [0.3, 0.4) is 0 Å². The van der Waals surface area contributed by atoms with E-state index >= 15 is 0 Å². The van der Waals surface area contributed by atoms with E-state index in [2.05, 4.69) is 20.8 Å². The SMILES string of the molecule is CCn1c(SCC(=O)Nc2ccc(C)cc2F)nnc1C(C)NC(=O)c1ccco1. The lowest BCUT2D eigenvalue weighted by Crippen LogP contribution is -2.28. The molecule has 0 aliphatic heterocycles. The smallest absolute Gasteiger partial charge is 0.287 e. The van der Waals surface area contributed by atoms with Gasteiger partial charge in [0.25, 0.3) is 5.91 Å². The van der Waals surface area contributed by atoms with Crippen LogP contribution in [0.2, 0.25) is 0 Å². The maximum absolute atomic E-state index is 13.9. The van der Waals surface area contributed by atoms with Gasteiger partial charge in [-0.15, -0.1) is 10.2 Å². The molecule has 0 radical (unpaired) electrons. The van der Waals surface area contributed by atoms with Gasteiger partial charge in [0.05, 0.1) is 23.7 Å². The molecule has 3 aromatic rings. The molecule has 0 aliphatic rings. The lowest BCUT2D eigenvalue weighted by Gasteiger charge is -2.14. The number of carbonyl (C=O) groups is 2. The third-order valence-electron chi connectivity index (χ3n) is 4.27. The molecular formula is C20H22FN5O3S. The molecule has 0 bridgehead atoms. The van der Waals surface area contributed by atoms with Crippen molar-refractivity contribution in [3.63, 3.8) is 0 Å². The number of furan rings is 1. The van der Waals surface area contributed by atoms with Crippen LogP contribution in [0, 0.1) is 12.7 Å². The summed E-state index contributed by atoms with van der Waals surface area (Å²) in [7, 11) is 0. The number of nitrogens with one attached hydrogen (secondary N) is 2. The van der Waals surface area contributed by atoms with Gasteiger partial charge in [0.1, 0.15) is 5.82 Å². The topological polar surface area (TPSA) is 102 Å². The van der Waals surface area contributed by atoms with Crippen molar-refractivity contribution < 1.29 is 18.4 Å². The number of halogens is 1. The van der Waals surface area contributed by atoms with Crippen molar-refractivity contribution in [2.45, 2.75) is 38.5 Å². The maximum atomic E-state index is 13.9. The van der Waals surface area contributed by atoms with Gasteiger partial charge in [-0.2, -0.15) is 0 Å². The standard InChI is InChI=1S/C20H22FN5O3S/c1-4-26-18(13(3)22-19(28)16-6-5-9-29-16)24-25-20(26)30-11-17(27)23-15-8-7-12(2)10-14(15)21/h5-10,13H,4,11H2,1-3H3,(H,22,28)(H,23,27). The van der Waals surface area contributed by atoms with Gasteiger partial charge in [-0.3, -0.25) is 9.59 Å². The number of aryl methyl sites for hydroxylation is 1. The number of carbonyl (C=O) groups excluding carboxylic acids is 2. The van der Waals surface area contributed by atoms with E-state index in [1.807, 2.05) is 11.5 Å². The minimum absolute atomic E-state index is 0.0403. The number of nitrogens with zero attached hydrogens (tertiary/aromatic N) is 3. The van der Waals surface area contributed by atoms with Crippen molar-refractivity contribution in [1.82, 2.24) is 20.1 Å². The Morgan fingerprint density at radius 2 is 2.10 bits per heavy atom. The van der Waals surface area contributed by atoms with E-state index in [-0.39, 0.29) is 29.0 Å². The van der Waals surface area contributed by atoms with Crippen molar-refractivity contribution >= 4 is 29.3 Å².